The SMILES string of the molecule is O=C(NOCC(F)(F)F)C1CCCCN1. The first-order chi connectivity index (χ1) is 6.99. The van der Waals surface area contributed by atoms with E-state index in [1.165, 1.54) is 0 Å². The fourth-order valence-electron chi connectivity index (χ4n) is 1.34. The summed E-state index contributed by atoms with van der Waals surface area (Å²) < 4.78 is 35.0. The molecule has 1 saturated heterocycles. The van der Waals surface area contributed by atoms with Gasteiger partial charge in [-0.3, -0.25) is 9.63 Å². The van der Waals surface area contributed by atoms with E-state index in [0.29, 0.717) is 13.0 Å². The third kappa shape index (κ3) is 4.98. The van der Waals surface area contributed by atoms with Crippen molar-refractivity contribution in [3.8, 4) is 0 Å². The Kier molecular flexibility index (Phi) is 4.34. The Morgan fingerprint density at radius 3 is 2.73 bits per heavy atom. The van der Waals surface area contributed by atoms with Gasteiger partial charge >= 0.3 is 6.18 Å². The fraction of sp³-hybridized carbons (Fsp3) is 0.875. The minimum Gasteiger partial charge on any atom is -0.306 e. The van der Waals surface area contributed by atoms with Crippen LogP contribution < -0.4 is 10.8 Å². The van der Waals surface area contributed by atoms with Gasteiger partial charge in [0.05, 0.1) is 6.04 Å². The molecular weight excluding hydrogens is 213 g/mol. The lowest BCUT2D eigenvalue weighted by Crippen LogP contribution is -2.47. The first kappa shape index (κ1) is 12.3. The van der Waals surface area contributed by atoms with Crippen LogP contribution in [0.5, 0.6) is 0 Å². The second kappa shape index (κ2) is 5.32. The predicted molar refractivity (Wildman–Crippen MR) is 45.8 cm³/mol. The number of nitrogens with one attached hydrogen (secondary N) is 2. The number of hydrogen-bond acceptors (Lipinski definition) is 3. The highest BCUT2D eigenvalue weighted by atomic mass is 19.4. The van der Waals surface area contributed by atoms with Gasteiger partial charge in [-0.25, -0.2) is 5.48 Å². The van der Waals surface area contributed by atoms with Gasteiger partial charge in [0.1, 0.15) is 0 Å². The van der Waals surface area contributed by atoms with Gasteiger partial charge in [-0.2, -0.15) is 13.2 Å². The first-order valence-corrected chi connectivity index (χ1v) is 4.71. The van der Waals surface area contributed by atoms with Crippen molar-refractivity contribution in [1.82, 2.24) is 10.8 Å². The second-order valence-electron chi connectivity index (χ2n) is 3.37. The molecule has 0 aromatic heterocycles. The molecular formula is C8H13F3N2O2. The summed E-state index contributed by atoms with van der Waals surface area (Å²) in [7, 11) is 0. The summed E-state index contributed by atoms with van der Waals surface area (Å²) in [6.45, 7) is -0.761. The van der Waals surface area contributed by atoms with Crippen molar-refractivity contribution >= 4 is 5.91 Å². The van der Waals surface area contributed by atoms with Crippen LogP contribution in [0.2, 0.25) is 0 Å². The summed E-state index contributed by atoms with van der Waals surface area (Å²) in [6.07, 6.45) is -1.92. The Bertz CT molecular complexity index is 214. The molecule has 7 heteroatoms. The molecule has 1 aliphatic heterocycles. The number of piperidine rings is 1. The molecule has 0 radical (unpaired) electrons. The third-order valence-electron chi connectivity index (χ3n) is 2.04. The van der Waals surface area contributed by atoms with E-state index in [2.05, 4.69) is 10.2 Å². The van der Waals surface area contributed by atoms with Crippen LogP contribution in [0.1, 0.15) is 19.3 Å². The van der Waals surface area contributed by atoms with Gasteiger partial charge in [0.15, 0.2) is 6.61 Å². The maximum Gasteiger partial charge on any atom is 0.414 e. The molecule has 0 bridgehead atoms. The number of carbonyl (C=O) groups excluding carboxylic acids is 1. The number of amides is 1. The minimum atomic E-state index is -4.42. The maximum atomic E-state index is 11.7. The van der Waals surface area contributed by atoms with E-state index in [1.807, 2.05) is 0 Å². The average molecular weight is 226 g/mol. The molecule has 1 unspecified atom stereocenters. The van der Waals surface area contributed by atoms with E-state index >= 15 is 0 Å². The molecule has 1 amide bonds. The zero-order valence-electron chi connectivity index (χ0n) is 8.06. The Balaban J connectivity index is 2.17. The van der Waals surface area contributed by atoms with E-state index < -0.39 is 24.7 Å². The highest BCUT2D eigenvalue weighted by Gasteiger charge is 2.29. The topological polar surface area (TPSA) is 50.4 Å². The van der Waals surface area contributed by atoms with Crippen LogP contribution in [-0.2, 0) is 9.63 Å². The molecule has 1 heterocycles. The van der Waals surface area contributed by atoms with E-state index in [9.17, 15) is 18.0 Å². The van der Waals surface area contributed by atoms with E-state index in [0.717, 1.165) is 12.8 Å². The molecule has 1 aliphatic rings. The molecule has 4 nitrogen and oxygen atoms in total. The van der Waals surface area contributed by atoms with Gasteiger partial charge in [-0.1, -0.05) is 6.42 Å². The van der Waals surface area contributed by atoms with Crippen LogP contribution in [-0.4, -0.2) is 31.3 Å². The largest absolute Gasteiger partial charge is 0.414 e. The van der Waals surface area contributed by atoms with E-state index in [-0.39, 0.29) is 0 Å². The number of rotatable bonds is 3. The summed E-state index contributed by atoms with van der Waals surface area (Å²) in [4.78, 5) is 15.3. The van der Waals surface area contributed by atoms with Crippen molar-refractivity contribution in [1.29, 1.82) is 0 Å². The van der Waals surface area contributed by atoms with Gasteiger partial charge in [0, 0.05) is 0 Å². The highest BCUT2D eigenvalue weighted by Crippen LogP contribution is 2.13. The van der Waals surface area contributed by atoms with Crippen LogP contribution in [0, 0.1) is 0 Å². The lowest BCUT2D eigenvalue weighted by atomic mass is 10.1. The lowest BCUT2D eigenvalue weighted by Gasteiger charge is -2.22. The van der Waals surface area contributed by atoms with Crippen molar-refractivity contribution in [3.63, 3.8) is 0 Å². The maximum absolute atomic E-state index is 11.7. The molecule has 0 spiro atoms. The summed E-state index contributed by atoms with van der Waals surface area (Å²) >= 11 is 0. The fourth-order valence-corrected chi connectivity index (χ4v) is 1.34. The zero-order chi connectivity index (χ0) is 11.3. The zero-order valence-corrected chi connectivity index (χ0v) is 8.06. The molecule has 15 heavy (non-hydrogen) atoms. The normalized spacial score (nSPS) is 22.5. The molecule has 1 atom stereocenters. The minimum absolute atomic E-state index is 0.438. The molecule has 0 saturated carbocycles. The van der Waals surface area contributed by atoms with Gasteiger partial charge in [0.2, 0.25) is 0 Å². The Morgan fingerprint density at radius 1 is 1.47 bits per heavy atom. The van der Waals surface area contributed by atoms with Gasteiger partial charge in [0.25, 0.3) is 5.91 Å². The van der Waals surface area contributed by atoms with Gasteiger partial charge in [-0.05, 0) is 19.4 Å². The molecule has 1 fully saturated rings. The monoisotopic (exact) mass is 226 g/mol. The summed E-state index contributed by atoms with van der Waals surface area (Å²) in [5, 5.41) is 2.89. The van der Waals surface area contributed by atoms with E-state index in [1.54, 1.807) is 5.48 Å². The Morgan fingerprint density at radius 2 is 2.20 bits per heavy atom. The summed E-state index contributed by atoms with van der Waals surface area (Å²) in [5.74, 6) is -0.543. The van der Waals surface area contributed by atoms with Crippen LogP contribution in [0.4, 0.5) is 13.2 Å². The van der Waals surface area contributed by atoms with Crippen molar-refractivity contribution in [2.24, 2.45) is 0 Å². The molecule has 0 aliphatic carbocycles. The van der Waals surface area contributed by atoms with Crippen LogP contribution in [0.25, 0.3) is 0 Å². The molecule has 88 valence electrons. The Labute approximate surface area is 85.1 Å². The first-order valence-electron chi connectivity index (χ1n) is 4.71. The number of alkyl halides is 3. The van der Waals surface area contributed by atoms with Crippen LogP contribution >= 0.6 is 0 Å². The quantitative estimate of drug-likeness (QED) is 0.698. The van der Waals surface area contributed by atoms with Crippen LogP contribution in [0.15, 0.2) is 0 Å². The standard InChI is InChI=1S/C8H13F3N2O2/c9-8(10,11)5-15-13-7(14)6-3-1-2-4-12-6/h6,12H,1-5H2,(H,13,14). The van der Waals surface area contributed by atoms with Gasteiger partial charge in [-0.15, -0.1) is 0 Å². The average Bonchev–Trinajstić information content (AvgIpc) is 2.17. The van der Waals surface area contributed by atoms with Crippen molar-refractivity contribution in [2.45, 2.75) is 31.5 Å². The molecule has 0 aromatic rings. The number of halogens is 3. The van der Waals surface area contributed by atoms with Crippen LogP contribution in [0.3, 0.4) is 0 Å². The molecule has 0 aromatic carbocycles. The lowest BCUT2D eigenvalue weighted by molar-refractivity contribution is -0.192. The highest BCUT2D eigenvalue weighted by molar-refractivity contribution is 5.80. The molecule has 2 N–H and O–H groups in total. The predicted octanol–water partition coefficient (Wildman–Crippen LogP) is 0.739. The van der Waals surface area contributed by atoms with E-state index in [4.69, 9.17) is 0 Å². The van der Waals surface area contributed by atoms with Gasteiger partial charge < -0.3 is 5.32 Å². The van der Waals surface area contributed by atoms with Crippen molar-refractivity contribution in [2.75, 3.05) is 13.2 Å². The summed E-state index contributed by atoms with van der Waals surface area (Å²) in [6, 6.07) is -0.438. The summed E-state index contributed by atoms with van der Waals surface area (Å²) in [5.41, 5.74) is 1.79. The number of carbonyl (C=O) groups is 1. The number of hydroxylamine groups is 1. The van der Waals surface area contributed by atoms with Crippen molar-refractivity contribution in [3.05, 3.63) is 0 Å². The number of hydrogen-bond donors (Lipinski definition) is 2. The van der Waals surface area contributed by atoms with Crippen molar-refractivity contribution < 1.29 is 22.8 Å². The molecule has 1 rings (SSSR count). The third-order valence-corrected chi connectivity index (χ3v) is 2.04. The Hall–Kier alpha value is -0.820. The second-order valence-corrected chi connectivity index (χ2v) is 3.37. The smallest absolute Gasteiger partial charge is 0.306 e.